The van der Waals surface area contributed by atoms with Crippen molar-refractivity contribution < 1.29 is 9.53 Å². The Kier molecular flexibility index (Phi) is 3.68. The van der Waals surface area contributed by atoms with Crippen LogP contribution in [-0.4, -0.2) is 27.5 Å². The van der Waals surface area contributed by atoms with E-state index in [0.717, 1.165) is 5.70 Å². The van der Waals surface area contributed by atoms with Gasteiger partial charge >= 0.3 is 5.97 Å². The Morgan fingerprint density at radius 1 is 1.35 bits per heavy atom. The highest BCUT2D eigenvalue weighted by atomic mass is 127. The molecule has 17 heavy (non-hydrogen) atoms. The molecule has 4 nitrogen and oxygen atoms in total. The third-order valence-corrected chi connectivity index (χ3v) is 4.00. The zero-order valence-corrected chi connectivity index (χ0v) is 11.8. The minimum Gasteiger partial charge on any atom is -0.437 e. The number of halogens is 1. The van der Waals surface area contributed by atoms with Gasteiger partial charge in [0.25, 0.3) is 0 Å². The van der Waals surface area contributed by atoms with E-state index in [1.807, 2.05) is 46.5 Å². The largest absolute Gasteiger partial charge is 0.437 e. The molecule has 90 valence electrons. The molecule has 0 aromatic heterocycles. The highest BCUT2D eigenvalue weighted by molar-refractivity contribution is 14.1. The van der Waals surface area contributed by atoms with Gasteiger partial charge in [-0.05, 0) is 25.1 Å². The molecule has 1 aromatic carbocycles. The lowest BCUT2D eigenvalue weighted by molar-refractivity contribution is -0.0256. The molecule has 0 radical (unpaired) electrons. The number of carbonyl (C=O) groups is 1. The molecule has 0 fully saturated rings. The summed E-state index contributed by atoms with van der Waals surface area (Å²) in [6.07, 6.45) is 1.58. The average Bonchev–Trinajstić information content (AvgIpc) is 2.58. The molecule has 0 bridgehead atoms. The number of likely N-dealkylation sites (N-methyl/N-ethyl adjacent to an activating group) is 1. The van der Waals surface area contributed by atoms with Crippen molar-refractivity contribution in [3.63, 3.8) is 0 Å². The predicted octanol–water partition coefficient (Wildman–Crippen LogP) is 2.59. The second kappa shape index (κ2) is 5.05. The maximum absolute atomic E-state index is 11.9. The van der Waals surface area contributed by atoms with Gasteiger partial charge < -0.3 is 4.74 Å². The number of esters is 1. The predicted molar refractivity (Wildman–Crippen MR) is 73.0 cm³/mol. The number of carbonyl (C=O) groups excluding carboxylic acids is 1. The van der Waals surface area contributed by atoms with Crippen LogP contribution in [0.25, 0.3) is 0 Å². The van der Waals surface area contributed by atoms with Crippen molar-refractivity contribution in [3.8, 4) is 0 Å². The normalized spacial score (nSPS) is 20.3. The van der Waals surface area contributed by atoms with E-state index in [-0.39, 0.29) is 12.2 Å². The van der Waals surface area contributed by atoms with Crippen molar-refractivity contribution in [1.82, 2.24) is 8.23 Å². The molecule has 1 heterocycles. The van der Waals surface area contributed by atoms with E-state index >= 15 is 0 Å². The summed E-state index contributed by atoms with van der Waals surface area (Å²) in [4.78, 5) is 11.9. The molecule has 5 heteroatoms. The quantitative estimate of drug-likeness (QED) is 0.469. The van der Waals surface area contributed by atoms with Gasteiger partial charge in [-0.2, -0.15) is 5.01 Å². The molecule has 2 rings (SSSR count). The van der Waals surface area contributed by atoms with Crippen LogP contribution in [0.1, 0.15) is 17.3 Å². The maximum atomic E-state index is 11.9. The Morgan fingerprint density at radius 2 is 2.00 bits per heavy atom. The van der Waals surface area contributed by atoms with Crippen LogP contribution in [0.3, 0.4) is 0 Å². The molecule has 1 atom stereocenters. The summed E-state index contributed by atoms with van der Waals surface area (Å²) in [5.41, 5.74) is 1.62. The summed E-state index contributed by atoms with van der Waals surface area (Å²) < 4.78 is 7.33. The number of hydrogen-bond donors (Lipinski definition) is 0. The first-order chi connectivity index (χ1) is 8.09. The van der Waals surface area contributed by atoms with Gasteiger partial charge in [-0.3, -0.25) is 0 Å². The Morgan fingerprint density at radius 3 is 2.53 bits per heavy atom. The van der Waals surface area contributed by atoms with E-state index in [2.05, 4.69) is 22.9 Å². The first-order valence-corrected chi connectivity index (χ1v) is 6.19. The average molecular weight is 344 g/mol. The second-order valence-corrected chi connectivity index (χ2v) is 4.72. The highest BCUT2D eigenvalue weighted by Crippen LogP contribution is 2.25. The highest BCUT2D eigenvalue weighted by Gasteiger charge is 2.28. The number of rotatable bonds is 2. The van der Waals surface area contributed by atoms with Gasteiger partial charge in [0.05, 0.1) is 28.4 Å². The summed E-state index contributed by atoms with van der Waals surface area (Å²) in [7, 11) is 1.88. The van der Waals surface area contributed by atoms with E-state index in [1.54, 1.807) is 12.1 Å². The Bertz CT molecular complexity index is 447. The second-order valence-electron chi connectivity index (χ2n) is 3.80. The molecule has 0 saturated carbocycles. The van der Waals surface area contributed by atoms with Gasteiger partial charge in [0.1, 0.15) is 0 Å². The van der Waals surface area contributed by atoms with Crippen LogP contribution in [-0.2, 0) is 4.74 Å². The molecule has 0 aliphatic carbocycles. The SMILES string of the molecule is CC1=CC(OC(=O)c2ccccc2)N(C)N1I. The van der Waals surface area contributed by atoms with Crippen LogP contribution < -0.4 is 0 Å². The Labute approximate surface area is 114 Å². The van der Waals surface area contributed by atoms with Gasteiger partial charge in [0.2, 0.25) is 0 Å². The van der Waals surface area contributed by atoms with Crippen LogP contribution in [0.4, 0.5) is 0 Å². The molecule has 1 aliphatic rings. The van der Waals surface area contributed by atoms with Crippen LogP contribution in [0.15, 0.2) is 42.1 Å². The first kappa shape index (κ1) is 12.4. The Balaban J connectivity index is 2.06. The molecule has 0 saturated heterocycles. The monoisotopic (exact) mass is 344 g/mol. The van der Waals surface area contributed by atoms with Crippen molar-refractivity contribution in [2.75, 3.05) is 7.05 Å². The van der Waals surface area contributed by atoms with E-state index in [4.69, 9.17) is 4.74 Å². The van der Waals surface area contributed by atoms with Gasteiger partial charge in [-0.1, -0.05) is 18.2 Å². The molecule has 1 aromatic rings. The zero-order valence-electron chi connectivity index (χ0n) is 9.63. The standard InChI is InChI=1S/C12H13IN2O2/c1-9-8-11(14(2)15(9)13)17-12(16)10-6-4-3-5-7-10/h3-8,11H,1-2H3. The number of hydrazine groups is 1. The molecule has 1 unspecified atom stereocenters. The number of nitrogens with zero attached hydrogens (tertiary/aromatic N) is 2. The van der Waals surface area contributed by atoms with E-state index in [9.17, 15) is 4.79 Å². The molecule has 0 amide bonds. The van der Waals surface area contributed by atoms with E-state index in [0.29, 0.717) is 5.56 Å². The minimum absolute atomic E-state index is 0.307. The minimum atomic E-state index is -0.334. The third kappa shape index (κ3) is 2.61. The maximum Gasteiger partial charge on any atom is 0.339 e. The fourth-order valence-corrected chi connectivity index (χ4v) is 1.99. The smallest absolute Gasteiger partial charge is 0.339 e. The summed E-state index contributed by atoms with van der Waals surface area (Å²) in [6, 6.07) is 9.00. The number of ether oxygens (including phenoxy) is 1. The van der Waals surface area contributed by atoms with Crippen molar-refractivity contribution in [2.24, 2.45) is 0 Å². The molecule has 0 spiro atoms. The van der Waals surface area contributed by atoms with Gasteiger partial charge in [0, 0.05) is 12.7 Å². The molecular formula is C12H13IN2O2. The number of allylic oxidation sites excluding steroid dienone is 1. The van der Waals surface area contributed by atoms with Gasteiger partial charge in [-0.15, -0.1) is 0 Å². The summed E-state index contributed by atoms with van der Waals surface area (Å²) in [5.74, 6) is -0.307. The van der Waals surface area contributed by atoms with Gasteiger partial charge in [0.15, 0.2) is 6.23 Å². The molecule has 1 aliphatic heterocycles. The lowest BCUT2D eigenvalue weighted by Crippen LogP contribution is -2.35. The molecular weight excluding hydrogens is 331 g/mol. The Hall–Kier alpha value is -1.08. The van der Waals surface area contributed by atoms with E-state index < -0.39 is 0 Å². The summed E-state index contributed by atoms with van der Waals surface area (Å²) in [6.45, 7) is 1.97. The third-order valence-electron chi connectivity index (χ3n) is 2.56. The zero-order chi connectivity index (χ0) is 12.4. The van der Waals surface area contributed by atoms with Crippen LogP contribution in [0.5, 0.6) is 0 Å². The van der Waals surface area contributed by atoms with Crippen LogP contribution >= 0.6 is 22.9 Å². The number of hydrogen-bond acceptors (Lipinski definition) is 4. The fraction of sp³-hybridized carbons (Fsp3) is 0.250. The van der Waals surface area contributed by atoms with Crippen molar-refractivity contribution >= 4 is 28.8 Å². The fourth-order valence-electron chi connectivity index (χ4n) is 1.59. The number of benzene rings is 1. The molecule has 0 N–H and O–H groups in total. The van der Waals surface area contributed by atoms with Gasteiger partial charge in [-0.25, -0.2) is 8.02 Å². The lowest BCUT2D eigenvalue weighted by Gasteiger charge is -2.25. The summed E-state index contributed by atoms with van der Waals surface area (Å²) in [5, 5.41) is 1.86. The van der Waals surface area contributed by atoms with E-state index in [1.165, 1.54) is 0 Å². The first-order valence-electron chi connectivity index (χ1n) is 5.22. The topological polar surface area (TPSA) is 32.8 Å². The van der Waals surface area contributed by atoms with Crippen molar-refractivity contribution in [3.05, 3.63) is 47.7 Å². The van der Waals surface area contributed by atoms with Crippen molar-refractivity contribution in [2.45, 2.75) is 13.2 Å². The summed E-state index contributed by atoms with van der Waals surface area (Å²) >= 11 is 2.16. The van der Waals surface area contributed by atoms with Crippen molar-refractivity contribution in [1.29, 1.82) is 0 Å². The van der Waals surface area contributed by atoms with Crippen LogP contribution in [0.2, 0.25) is 0 Å². The lowest BCUT2D eigenvalue weighted by atomic mass is 10.2. The van der Waals surface area contributed by atoms with Crippen LogP contribution in [0, 0.1) is 0 Å².